The highest BCUT2D eigenvalue weighted by atomic mass is 79.9. The summed E-state index contributed by atoms with van der Waals surface area (Å²) in [6.45, 7) is 0. The van der Waals surface area contributed by atoms with Gasteiger partial charge in [0.1, 0.15) is 11.6 Å². The molecule has 3 rings (SSSR count). The van der Waals surface area contributed by atoms with Gasteiger partial charge in [0, 0.05) is 17.7 Å². The van der Waals surface area contributed by atoms with Crippen LogP contribution in [0.5, 0.6) is 11.5 Å². The van der Waals surface area contributed by atoms with Gasteiger partial charge in [0.2, 0.25) is 0 Å². The number of aromatic nitrogens is 2. The Balaban J connectivity index is 2.19. The van der Waals surface area contributed by atoms with Gasteiger partial charge in [0.05, 0.1) is 29.7 Å². The van der Waals surface area contributed by atoms with E-state index in [0.717, 1.165) is 11.0 Å². The van der Waals surface area contributed by atoms with Crippen LogP contribution in [-0.2, 0) is 0 Å². The van der Waals surface area contributed by atoms with E-state index >= 15 is 0 Å². The Morgan fingerprint density at radius 3 is 2.57 bits per heavy atom. The molecule has 0 amide bonds. The van der Waals surface area contributed by atoms with Gasteiger partial charge in [-0.25, -0.2) is 9.37 Å². The van der Waals surface area contributed by atoms with Gasteiger partial charge in [-0.15, -0.1) is 0 Å². The quantitative estimate of drug-likeness (QED) is 0.771. The number of hydrogen-bond donors (Lipinski definition) is 1. The van der Waals surface area contributed by atoms with E-state index < -0.39 is 0 Å². The first kappa shape index (κ1) is 13.9. The molecule has 6 heteroatoms. The Bertz CT molecular complexity index is 776. The van der Waals surface area contributed by atoms with Crippen LogP contribution in [0.3, 0.4) is 0 Å². The van der Waals surface area contributed by atoms with Crippen LogP contribution in [0.25, 0.3) is 22.4 Å². The fourth-order valence-electron chi connectivity index (χ4n) is 2.15. The molecule has 1 aromatic heterocycles. The second-order valence-electron chi connectivity index (χ2n) is 4.41. The van der Waals surface area contributed by atoms with Crippen molar-refractivity contribution in [3.05, 3.63) is 40.6 Å². The molecule has 0 aliphatic rings. The van der Waals surface area contributed by atoms with Crippen LogP contribution in [0.4, 0.5) is 4.39 Å². The molecule has 2 aromatic carbocycles. The second kappa shape index (κ2) is 5.37. The summed E-state index contributed by atoms with van der Waals surface area (Å²) in [4.78, 5) is 7.64. The predicted molar refractivity (Wildman–Crippen MR) is 82.3 cm³/mol. The SMILES string of the molecule is COc1cc2nc(-c3cccc(F)c3Br)[nH]c2cc1OC. The molecule has 0 aliphatic carbocycles. The van der Waals surface area contributed by atoms with Crippen LogP contribution in [0, 0.1) is 5.82 Å². The molecule has 1 heterocycles. The van der Waals surface area contributed by atoms with E-state index in [1.165, 1.54) is 6.07 Å². The number of methoxy groups -OCH3 is 2. The zero-order valence-corrected chi connectivity index (χ0v) is 13.0. The normalized spacial score (nSPS) is 10.9. The highest BCUT2D eigenvalue weighted by Gasteiger charge is 2.14. The molecule has 3 aromatic rings. The summed E-state index contributed by atoms with van der Waals surface area (Å²) >= 11 is 3.25. The number of imidazole rings is 1. The number of halogens is 2. The molecule has 1 N–H and O–H groups in total. The number of H-pyrrole nitrogens is 1. The third-order valence-electron chi connectivity index (χ3n) is 3.19. The predicted octanol–water partition coefficient (Wildman–Crippen LogP) is 4.15. The zero-order chi connectivity index (χ0) is 15.0. The van der Waals surface area contributed by atoms with Gasteiger partial charge in [-0.05, 0) is 28.1 Å². The summed E-state index contributed by atoms with van der Waals surface area (Å²) in [5.41, 5.74) is 2.17. The van der Waals surface area contributed by atoms with E-state index in [0.29, 0.717) is 27.4 Å². The molecule has 0 saturated heterocycles. The molecular formula is C15H12BrFN2O2. The molecule has 0 atom stereocenters. The van der Waals surface area contributed by atoms with Gasteiger partial charge in [0.15, 0.2) is 11.5 Å². The maximum Gasteiger partial charge on any atom is 0.163 e. The molecular weight excluding hydrogens is 339 g/mol. The smallest absolute Gasteiger partial charge is 0.163 e. The van der Waals surface area contributed by atoms with E-state index in [1.807, 2.05) is 0 Å². The molecule has 0 bridgehead atoms. The van der Waals surface area contributed by atoms with Gasteiger partial charge >= 0.3 is 0 Å². The molecule has 0 fully saturated rings. The van der Waals surface area contributed by atoms with Crippen LogP contribution in [-0.4, -0.2) is 24.2 Å². The van der Waals surface area contributed by atoms with Gasteiger partial charge in [-0.1, -0.05) is 6.07 Å². The third kappa shape index (κ3) is 2.35. The van der Waals surface area contributed by atoms with E-state index in [-0.39, 0.29) is 5.82 Å². The molecule has 0 radical (unpaired) electrons. The lowest BCUT2D eigenvalue weighted by atomic mass is 10.2. The van der Waals surface area contributed by atoms with Crippen molar-refractivity contribution in [1.29, 1.82) is 0 Å². The summed E-state index contributed by atoms with van der Waals surface area (Å²) in [5.74, 6) is 1.45. The maximum atomic E-state index is 13.6. The summed E-state index contributed by atoms with van der Waals surface area (Å²) in [7, 11) is 3.14. The van der Waals surface area contributed by atoms with E-state index in [1.54, 1.807) is 38.5 Å². The van der Waals surface area contributed by atoms with Gasteiger partial charge in [-0.3, -0.25) is 0 Å². The first-order valence-electron chi connectivity index (χ1n) is 6.20. The third-order valence-corrected chi connectivity index (χ3v) is 4.00. The lowest BCUT2D eigenvalue weighted by Gasteiger charge is -2.06. The molecule has 0 saturated carbocycles. The number of benzene rings is 2. The van der Waals surface area contributed by atoms with Crippen molar-refractivity contribution in [3.63, 3.8) is 0 Å². The average Bonchev–Trinajstić information content (AvgIpc) is 2.90. The fraction of sp³-hybridized carbons (Fsp3) is 0.133. The maximum absolute atomic E-state index is 13.6. The average molecular weight is 351 g/mol. The topological polar surface area (TPSA) is 47.1 Å². The van der Waals surface area contributed by atoms with E-state index in [9.17, 15) is 4.39 Å². The summed E-state index contributed by atoms with van der Waals surface area (Å²) in [6.07, 6.45) is 0. The van der Waals surface area contributed by atoms with Crippen molar-refractivity contribution < 1.29 is 13.9 Å². The van der Waals surface area contributed by atoms with Gasteiger partial charge in [-0.2, -0.15) is 0 Å². The Labute approximate surface area is 129 Å². The van der Waals surface area contributed by atoms with Crippen molar-refractivity contribution in [2.75, 3.05) is 14.2 Å². The molecule has 108 valence electrons. The lowest BCUT2D eigenvalue weighted by molar-refractivity contribution is 0.356. The minimum Gasteiger partial charge on any atom is -0.493 e. The fourth-order valence-corrected chi connectivity index (χ4v) is 2.60. The van der Waals surface area contributed by atoms with E-state index in [2.05, 4.69) is 25.9 Å². The van der Waals surface area contributed by atoms with Crippen molar-refractivity contribution >= 4 is 27.0 Å². The standard InChI is InChI=1S/C15H12BrFN2O2/c1-20-12-6-10-11(7-13(12)21-2)19-15(18-10)8-4-3-5-9(17)14(8)16/h3-7H,1-2H3,(H,18,19). The number of nitrogens with zero attached hydrogens (tertiary/aromatic N) is 1. The highest BCUT2D eigenvalue weighted by Crippen LogP contribution is 2.34. The number of hydrogen-bond acceptors (Lipinski definition) is 3. The van der Waals surface area contributed by atoms with Gasteiger partial charge in [0.25, 0.3) is 0 Å². The Morgan fingerprint density at radius 1 is 1.14 bits per heavy atom. The van der Waals surface area contributed by atoms with Crippen LogP contribution in [0.2, 0.25) is 0 Å². The van der Waals surface area contributed by atoms with Crippen molar-refractivity contribution in [3.8, 4) is 22.9 Å². The minimum absolute atomic E-state index is 0.330. The largest absolute Gasteiger partial charge is 0.493 e. The summed E-state index contributed by atoms with van der Waals surface area (Å²) < 4.78 is 24.5. The van der Waals surface area contributed by atoms with Crippen LogP contribution in [0.15, 0.2) is 34.8 Å². The highest BCUT2D eigenvalue weighted by molar-refractivity contribution is 9.10. The lowest BCUT2D eigenvalue weighted by Crippen LogP contribution is -1.89. The summed E-state index contributed by atoms with van der Waals surface area (Å²) in [5, 5.41) is 0. The second-order valence-corrected chi connectivity index (χ2v) is 5.20. The molecule has 0 spiro atoms. The number of aromatic amines is 1. The van der Waals surface area contributed by atoms with Crippen LogP contribution < -0.4 is 9.47 Å². The van der Waals surface area contributed by atoms with Crippen molar-refractivity contribution in [2.45, 2.75) is 0 Å². The Hall–Kier alpha value is -2.08. The monoisotopic (exact) mass is 350 g/mol. The van der Waals surface area contributed by atoms with Crippen molar-refractivity contribution in [1.82, 2.24) is 9.97 Å². The Kier molecular flexibility index (Phi) is 3.55. The minimum atomic E-state index is -0.330. The van der Waals surface area contributed by atoms with E-state index in [4.69, 9.17) is 9.47 Å². The first-order valence-corrected chi connectivity index (χ1v) is 6.99. The van der Waals surface area contributed by atoms with Crippen LogP contribution >= 0.6 is 15.9 Å². The molecule has 21 heavy (non-hydrogen) atoms. The van der Waals surface area contributed by atoms with Crippen molar-refractivity contribution in [2.24, 2.45) is 0 Å². The number of rotatable bonds is 3. The first-order chi connectivity index (χ1) is 10.1. The zero-order valence-electron chi connectivity index (χ0n) is 11.4. The van der Waals surface area contributed by atoms with Gasteiger partial charge < -0.3 is 14.5 Å². The molecule has 0 unspecified atom stereocenters. The Morgan fingerprint density at radius 2 is 1.86 bits per heavy atom. The summed E-state index contributed by atoms with van der Waals surface area (Å²) in [6, 6.07) is 8.41. The molecule has 0 aliphatic heterocycles. The number of nitrogens with one attached hydrogen (secondary N) is 1. The number of fused-ring (bicyclic) bond motifs is 1. The van der Waals surface area contributed by atoms with Crippen LogP contribution in [0.1, 0.15) is 0 Å². The molecule has 4 nitrogen and oxygen atoms in total. The number of ether oxygens (including phenoxy) is 2.